The number of ether oxygens (including phenoxy) is 1. The van der Waals surface area contributed by atoms with Gasteiger partial charge in [0.1, 0.15) is 5.75 Å². The van der Waals surface area contributed by atoms with Crippen LogP contribution in [0.2, 0.25) is 0 Å². The monoisotopic (exact) mass is 280 g/mol. The standard InChI is InChI=1S/C14H20N2O4/c1-3-6-20-12-7-9(2)4-5-11(12)16-14(19)10(15)8-13(17)18/h4-5,7,10H,3,6,8,15H2,1-2H3,(H,16,19)(H,17,18). The molecule has 0 aliphatic rings. The summed E-state index contributed by atoms with van der Waals surface area (Å²) in [5, 5.41) is 11.2. The van der Waals surface area contributed by atoms with Gasteiger partial charge in [-0.05, 0) is 31.0 Å². The molecular weight excluding hydrogens is 260 g/mol. The van der Waals surface area contributed by atoms with Gasteiger partial charge in [0.05, 0.1) is 24.8 Å². The molecule has 1 unspecified atom stereocenters. The maximum Gasteiger partial charge on any atom is 0.305 e. The van der Waals surface area contributed by atoms with E-state index in [1.54, 1.807) is 6.07 Å². The summed E-state index contributed by atoms with van der Waals surface area (Å²) < 4.78 is 5.56. The molecular formula is C14H20N2O4. The van der Waals surface area contributed by atoms with Crippen LogP contribution in [0.3, 0.4) is 0 Å². The number of carboxylic acid groups (broad SMARTS) is 1. The fraction of sp³-hybridized carbons (Fsp3) is 0.429. The molecule has 0 fully saturated rings. The normalized spacial score (nSPS) is 11.8. The molecule has 1 atom stereocenters. The van der Waals surface area contributed by atoms with Crippen LogP contribution < -0.4 is 15.8 Å². The Morgan fingerprint density at radius 1 is 1.45 bits per heavy atom. The van der Waals surface area contributed by atoms with E-state index in [4.69, 9.17) is 15.6 Å². The third-order valence-electron chi connectivity index (χ3n) is 2.59. The average Bonchev–Trinajstić information content (AvgIpc) is 2.38. The maximum absolute atomic E-state index is 11.8. The first-order chi connectivity index (χ1) is 9.43. The molecule has 1 amide bonds. The minimum atomic E-state index is -1.11. The smallest absolute Gasteiger partial charge is 0.305 e. The average molecular weight is 280 g/mol. The molecule has 0 aliphatic heterocycles. The number of aliphatic carboxylic acids is 1. The molecule has 0 aliphatic carbocycles. The van der Waals surface area contributed by atoms with Crippen LogP contribution in [0.1, 0.15) is 25.3 Å². The van der Waals surface area contributed by atoms with Crippen LogP contribution in [-0.4, -0.2) is 29.6 Å². The largest absolute Gasteiger partial charge is 0.491 e. The number of carbonyl (C=O) groups is 2. The van der Waals surface area contributed by atoms with Crippen LogP contribution in [0.25, 0.3) is 0 Å². The number of hydrogen-bond acceptors (Lipinski definition) is 4. The Balaban J connectivity index is 2.80. The first-order valence-corrected chi connectivity index (χ1v) is 6.45. The zero-order valence-corrected chi connectivity index (χ0v) is 11.7. The molecule has 0 saturated heterocycles. The molecule has 1 aromatic carbocycles. The van der Waals surface area contributed by atoms with Crippen molar-refractivity contribution in [1.29, 1.82) is 0 Å². The van der Waals surface area contributed by atoms with Crippen molar-refractivity contribution in [1.82, 2.24) is 0 Å². The van der Waals surface area contributed by atoms with Gasteiger partial charge in [0.15, 0.2) is 0 Å². The summed E-state index contributed by atoms with van der Waals surface area (Å²) in [6.45, 7) is 4.44. The van der Waals surface area contributed by atoms with E-state index in [1.165, 1.54) is 0 Å². The number of nitrogens with one attached hydrogen (secondary N) is 1. The second-order valence-corrected chi connectivity index (χ2v) is 4.54. The van der Waals surface area contributed by atoms with Crippen molar-refractivity contribution in [2.24, 2.45) is 5.73 Å². The summed E-state index contributed by atoms with van der Waals surface area (Å²) >= 11 is 0. The van der Waals surface area contributed by atoms with Crippen molar-refractivity contribution in [2.45, 2.75) is 32.7 Å². The highest BCUT2D eigenvalue weighted by molar-refractivity contribution is 5.97. The number of anilines is 1. The van der Waals surface area contributed by atoms with E-state index in [-0.39, 0.29) is 0 Å². The van der Waals surface area contributed by atoms with Gasteiger partial charge in [0.2, 0.25) is 5.91 Å². The number of carbonyl (C=O) groups excluding carboxylic acids is 1. The lowest BCUT2D eigenvalue weighted by molar-refractivity contribution is -0.138. The zero-order valence-electron chi connectivity index (χ0n) is 11.7. The number of nitrogens with two attached hydrogens (primary N) is 1. The summed E-state index contributed by atoms with van der Waals surface area (Å²) in [6.07, 6.45) is 0.433. The third-order valence-corrected chi connectivity index (χ3v) is 2.59. The van der Waals surface area contributed by atoms with Crippen LogP contribution in [0, 0.1) is 6.92 Å². The van der Waals surface area contributed by atoms with E-state index < -0.39 is 24.3 Å². The fourth-order valence-corrected chi connectivity index (χ4v) is 1.57. The second kappa shape index (κ2) is 7.49. The highest BCUT2D eigenvalue weighted by Gasteiger charge is 2.18. The molecule has 0 aromatic heterocycles. The minimum Gasteiger partial charge on any atom is -0.491 e. The molecule has 6 nitrogen and oxygen atoms in total. The number of hydrogen-bond donors (Lipinski definition) is 3. The number of benzene rings is 1. The van der Waals surface area contributed by atoms with E-state index in [1.807, 2.05) is 26.0 Å². The minimum absolute atomic E-state index is 0.414. The van der Waals surface area contributed by atoms with Crippen LogP contribution in [0.15, 0.2) is 18.2 Å². The summed E-state index contributed by atoms with van der Waals surface area (Å²) in [5.41, 5.74) is 7.01. The number of amides is 1. The molecule has 110 valence electrons. The molecule has 20 heavy (non-hydrogen) atoms. The van der Waals surface area contributed by atoms with Gasteiger partial charge in [-0.25, -0.2) is 0 Å². The van der Waals surface area contributed by atoms with Crippen molar-refractivity contribution < 1.29 is 19.4 Å². The van der Waals surface area contributed by atoms with Gasteiger partial charge in [-0.15, -0.1) is 0 Å². The van der Waals surface area contributed by atoms with Crippen LogP contribution in [0.4, 0.5) is 5.69 Å². The zero-order chi connectivity index (χ0) is 15.1. The second-order valence-electron chi connectivity index (χ2n) is 4.54. The lowest BCUT2D eigenvalue weighted by Crippen LogP contribution is -2.37. The van der Waals surface area contributed by atoms with Crippen molar-refractivity contribution in [3.05, 3.63) is 23.8 Å². The summed E-state index contributed by atoms with van der Waals surface area (Å²) in [4.78, 5) is 22.3. The predicted molar refractivity (Wildman–Crippen MR) is 75.8 cm³/mol. The topological polar surface area (TPSA) is 102 Å². The maximum atomic E-state index is 11.8. The quantitative estimate of drug-likeness (QED) is 0.703. The van der Waals surface area contributed by atoms with Gasteiger partial charge < -0.3 is 20.9 Å². The first-order valence-electron chi connectivity index (χ1n) is 6.45. The molecule has 0 saturated carbocycles. The van der Waals surface area contributed by atoms with Gasteiger partial charge in [0.25, 0.3) is 0 Å². The van der Waals surface area contributed by atoms with Crippen LogP contribution in [-0.2, 0) is 9.59 Å². The SMILES string of the molecule is CCCOc1cc(C)ccc1NC(=O)C(N)CC(=O)O. The Kier molecular flexibility index (Phi) is 5.99. The van der Waals surface area contributed by atoms with Gasteiger partial charge >= 0.3 is 5.97 Å². The number of rotatable bonds is 7. The lowest BCUT2D eigenvalue weighted by Gasteiger charge is -2.15. The van der Waals surface area contributed by atoms with E-state index in [9.17, 15) is 9.59 Å². The highest BCUT2D eigenvalue weighted by Crippen LogP contribution is 2.26. The molecule has 1 rings (SSSR count). The van der Waals surface area contributed by atoms with Gasteiger partial charge in [-0.3, -0.25) is 9.59 Å². The summed E-state index contributed by atoms with van der Waals surface area (Å²) in [7, 11) is 0. The predicted octanol–water partition coefficient (Wildman–Crippen LogP) is 1.52. The van der Waals surface area contributed by atoms with E-state index >= 15 is 0 Å². The van der Waals surface area contributed by atoms with Crippen molar-refractivity contribution >= 4 is 17.6 Å². The first kappa shape index (κ1) is 16.0. The third kappa shape index (κ3) is 4.89. The lowest BCUT2D eigenvalue weighted by atomic mass is 10.1. The van der Waals surface area contributed by atoms with Crippen molar-refractivity contribution in [2.75, 3.05) is 11.9 Å². The van der Waals surface area contributed by atoms with Gasteiger partial charge in [-0.2, -0.15) is 0 Å². The molecule has 0 spiro atoms. The Hall–Kier alpha value is -2.08. The molecule has 6 heteroatoms. The molecule has 4 N–H and O–H groups in total. The number of aryl methyl sites for hydroxylation is 1. The highest BCUT2D eigenvalue weighted by atomic mass is 16.5. The molecule has 0 radical (unpaired) electrons. The Labute approximate surface area is 117 Å². The van der Waals surface area contributed by atoms with Crippen molar-refractivity contribution in [3.63, 3.8) is 0 Å². The Morgan fingerprint density at radius 3 is 2.75 bits per heavy atom. The summed E-state index contributed by atoms with van der Waals surface area (Å²) in [5.74, 6) is -1.10. The van der Waals surface area contributed by atoms with Crippen LogP contribution in [0.5, 0.6) is 5.75 Å². The van der Waals surface area contributed by atoms with Crippen LogP contribution >= 0.6 is 0 Å². The Bertz CT molecular complexity index is 488. The fourth-order valence-electron chi connectivity index (χ4n) is 1.57. The molecule has 1 aromatic rings. The molecule has 0 heterocycles. The summed E-state index contributed by atoms with van der Waals surface area (Å²) in [6, 6.07) is 4.27. The van der Waals surface area contributed by atoms with E-state index in [2.05, 4.69) is 5.32 Å². The van der Waals surface area contributed by atoms with E-state index in [0.717, 1.165) is 12.0 Å². The van der Waals surface area contributed by atoms with Gasteiger partial charge in [-0.1, -0.05) is 13.0 Å². The Morgan fingerprint density at radius 2 is 2.15 bits per heavy atom. The number of carboxylic acids is 1. The molecule has 0 bridgehead atoms. The van der Waals surface area contributed by atoms with Crippen molar-refractivity contribution in [3.8, 4) is 5.75 Å². The van der Waals surface area contributed by atoms with E-state index in [0.29, 0.717) is 18.0 Å². The van der Waals surface area contributed by atoms with Gasteiger partial charge in [0, 0.05) is 0 Å².